The van der Waals surface area contributed by atoms with Crippen LogP contribution in [0, 0.1) is 0 Å². The van der Waals surface area contributed by atoms with Crippen LogP contribution >= 0.6 is 19.6 Å². The van der Waals surface area contributed by atoms with Crippen molar-refractivity contribution in [2.24, 2.45) is 0 Å². The van der Waals surface area contributed by atoms with Crippen molar-refractivity contribution in [3.63, 3.8) is 0 Å². The quantitative estimate of drug-likeness (QED) is 0.0169. The molecule has 1 fully saturated rings. The van der Waals surface area contributed by atoms with E-state index in [1.54, 1.807) is 12.0 Å². The highest BCUT2D eigenvalue weighted by molar-refractivity contribution is 7.95. The van der Waals surface area contributed by atoms with Crippen LogP contribution in [0.25, 0.3) is 0 Å². The van der Waals surface area contributed by atoms with Gasteiger partial charge in [0.05, 0.1) is 33.0 Å². The first kappa shape index (κ1) is 72.2. The number of rotatable bonds is 51. The van der Waals surface area contributed by atoms with Crippen LogP contribution in [0.4, 0.5) is 0 Å². The largest absolute Gasteiger partial charge is 0.368 e. The number of ether oxygens (including phenoxy) is 5. The topological polar surface area (TPSA) is 113 Å². The zero-order valence-electron chi connectivity index (χ0n) is 53.2. The van der Waals surface area contributed by atoms with E-state index < -0.39 is 44.2 Å². The fraction of sp³-hybridized carbons (Fsp3) is 0.579. The molecule has 0 aliphatic heterocycles. The summed E-state index contributed by atoms with van der Waals surface area (Å²) in [4.78, 5) is 18.2. The van der Waals surface area contributed by atoms with Gasteiger partial charge in [0.25, 0.3) is 0 Å². The molecule has 5 aromatic carbocycles. The van der Waals surface area contributed by atoms with Gasteiger partial charge >= 0.3 is 7.60 Å². The van der Waals surface area contributed by atoms with Crippen molar-refractivity contribution in [3.05, 3.63) is 192 Å². The summed E-state index contributed by atoms with van der Waals surface area (Å²) in [5.41, 5.74) is 5.31. The molecule has 0 aromatic heterocycles. The molecule has 0 amide bonds. The molecule has 0 radical (unpaired) electrons. The van der Waals surface area contributed by atoms with Crippen molar-refractivity contribution in [1.82, 2.24) is 0 Å². The molecule has 6 rings (SSSR count). The Morgan fingerprint density at radius 1 is 0.356 bits per heavy atom. The van der Waals surface area contributed by atoms with Crippen molar-refractivity contribution >= 4 is 19.6 Å². The summed E-state index contributed by atoms with van der Waals surface area (Å²) in [5.74, 6) is 0. The first-order valence-corrected chi connectivity index (χ1v) is 36.8. The average Bonchev–Trinajstić information content (AvgIpc) is 0.981. The SMILES string of the molecule is CCCCCCCCCCCCCCCCCCC(CCCCCC/C=C\CCCCCCCCP(=O)(O)O)SOC1[C@@H](OCc2ccccc2)[C@H](OCc2ccccc2)C(OCc2ccccc2)[C@H](OCc2ccccc2)[C@@H]1OCc1ccccc1. The molecule has 9 nitrogen and oxygen atoms in total. The Balaban J connectivity index is 1.18. The standard InChI is InChI=1S/C76H111O9PS/c1-2-3-4-5-6-7-8-9-10-11-14-17-20-23-26-44-57-70(58-45-27-24-21-18-15-12-13-16-19-22-25-28-46-59-86(77,78)79)87-85-76-74(83-63-68-53-40-32-41-54-68)72(81-61-66-49-36-30-37-50-66)71(80-60-65-47-34-29-35-48-65)73(82-62-67-51-38-31-39-52-67)75(76)84-64-69-55-42-33-43-56-69/h12,15,29-43,47-56,70-76H,2-11,13-14,16-28,44-46,57-64H2,1H3,(H2,77,78,79)/b15-12-/t70?,71?,72-,73+,74-,75-,76?/m0/s1. The maximum absolute atomic E-state index is 11.1. The molecule has 2 N–H and O–H groups in total. The zero-order valence-corrected chi connectivity index (χ0v) is 54.9. The third-order valence-electron chi connectivity index (χ3n) is 16.9. The van der Waals surface area contributed by atoms with Gasteiger partial charge in [-0.3, -0.25) is 4.57 Å². The number of hydrogen-bond donors (Lipinski definition) is 2. The molecule has 1 saturated carbocycles. The van der Waals surface area contributed by atoms with Crippen LogP contribution in [0.1, 0.15) is 227 Å². The van der Waals surface area contributed by atoms with E-state index >= 15 is 0 Å². The summed E-state index contributed by atoms with van der Waals surface area (Å²) < 4.78 is 54.9. The molecule has 0 saturated heterocycles. The molecule has 87 heavy (non-hydrogen) atoms. The Hall–Kier alpha value is -3.90. The van der Waals surface area contributed by atoms with Crippen LogP contribution in [0.15, 0.2) is 164 Å². The normalized spacial score (nSPS) is 18.4. The summed E-state index contributed by atoms with van der Waals surface area (Å²) in [6.45, 7) is 4.08. The molecule has 1 aliphatic carbocycles. The van der Waals surface area contributed by atoms with Crippen molar-refractivity contribution in [1.29, 1.82) is 0 Å². The Morgan fingerprint density at radius 3 is 0.897 bits per heavy atom. The smallest absolute Gasteiger partial charge is 0.325 e. The van der Waals surface area contributed by atoms with E-state index in [-0.39, 0.29) is 11.4 Å². The maximum atomic E-state index is 11.1. The van der Waals surface area contributed by atoms with Gasteiger partial charge in [0.15, 0.2) is 0 Å². The van der Waals surface area contributed by atoms with Crippen molar-refractivity contribution in [2.75, 3.05) is 6.16 Å². The first-order valence-electron chi connectivity index (χ1n) is 34.2. The van der Waals surface area contributed by atoms with Gasteiger partial charge in [-0.1, -0.05) is 318 Å². The summed E-state index contributed by atoms with van der Waals surface area (Å²) in [6.07, 6.45) is 37.9. The lowest BCUT2D eigenvalue weighted by Gasteiger charge is -2.49. The second-order valence-electron chi connectivity index (χ2n) is 24.4. The van der Waals surface area contributed by atoms with E-state index in [4.69, 9.17) is 37.7 Å². The molecular weight excluding hydrogens is 1120 g/mol. The van der Waals surface area contributed by atoms with Gasteiger partial charge in [-0.25, -0.2) is 0 Å². The summed E-state index contributed by atoms with van der Waals surface area (Å²) in [6, 6.07) is 51.9. The van der Waals surface area contributed by atoms with E-state index in [9.17, 15) is 4.57 Å². The van der Waals surface area contributed by atoms with Gasteiger partial charge in [-0.05, 0) is 84.8 Å². The molecular formula is C76H111O9PS. The van der Waals surface area contributed by atoms with E-state index in [2.05, 4.69) is 140 Å². The van der Waals surface area contributed by atoms with Crippen molar-refractivity contribution < 1.29 is 42.2 Å². The highest BCUT2D eigenvalue weighted by Crippen LogP contribution is 2.40. The van der Waals surface area contributed by atoms with Crippen LogP contribution in [-0.2, 0) is 65.5 Å². The number of allylic oxidation sites excluding steroid dienone is 2. The number of hydrogen-bond acceptors (Lipinski definition) is 8. The molecule has 11 heteroatoms. The molecule has 5 aromatic rings. The predicted octanol–water partition coefficient (Wildman–Crippen LogP) is 20.8. The van der Waals surface area contributed by atoms with Crippen LogP contribution in [0.2, 0.25) is 0 Å². The number of unbranched alkanes of at least 4 members (excludes halogenated alkanes) is 25. The Bertz CT molecular complexity index is 2370. The minimum Gasteiger partial charge on any atom is -0.368 e. The van der Waals surface area contributed by atoms with E-state index in [0.717, 1.165) is 79.2 Å². The fourth-order valence-corrected chi connectivity index (χ4v) is 13.5. The minimum absolute atomic E-state index is 0.00870. The van der Waals surface area contributed by atoms with Gasteiger partial charge in [0, 0.05) is 11.4 Å². The minimum atomic E-state index is -3.87. The highest BCUT2D eigenvalue weighted by Gasteiger charge is 2.55. The van der Waals surface area contributed by atoms with Crippen molar-refractivity contribution in [2.45, 2.75) is 274 Å². The molecule has 0 spiro atoms. The molecule has 0 bridgehead atoms. The van der Waals surface area contributed by atoms with Crippen LogP contribution < -0.4 is 0 Å². The molecule has 7 atom stereocenters. The summed E-state index contributed by atoms with van der Waals surface area (Å²) in [5, 5.41) is 0.284. The van der Waals surface area contributed by atoms with Crippen LogP contribution in [0.5, 0.6) is 0 Å². The van der Waals surface area contributed by atoms with Crippen LogP contribution in [0.3, 0.4) is 0 Å². The Kier molecular flexibility index (Phi) is 38.3. The maximum Gasteiger partial charge on any atom is 0.325 e. The summed E-state index contributed by atoms with van der Waals surface area (Å²) >= 11 is 1.64. The lowest BCUT2D eigenvalue weighted by Crippen LogP contribution is -2.67. The van der Waals surface area contributed by atoms with Gasteiger partial charge < -0.3 is 37.7 Å². The van der Waals surface area contributed by atoms with Crippen LogP contribution in [-0.4, -0.2) is 57.8 Å². The lowest BCUT2D eigenvalue weighted by molar-refractivity contribution is -0.277. The lowest BCUT2D eigenvalue weighted by atomic mass is 9.83. The zero-order chi connectivity index (χ0) is 60.9. The van der Waals surface area contributed by atoms with E-state index in [1.165, 1.54) is 135 Å². The third-order valence-corrected chi connectivity index (χ3v) is 18.9. The van der Waals surface area contributed by atoms with Gasteiger partial charge in [-0.2, -0.15) is 0 Å². The van der Waals surface area contributed by atoms with Crippen molar-refractivity contribution in [3.8, 4) is 0 Å². The van der Waals surface area contributed by atoms with Gasteiger partial charge in [-0.15, -0.1) is 0 Å². The second kappa shape index (κ2) is 46.2. The monoisotopic (exact) mass is 1230 g/mol. The Morgan fingerprint density at radius 2 is 0.609 bits per heavy atom. The van der Waals surface area contributed by atoms with E-state index in [0.29, 0.717) is 39.5 Å². The first-order chi connectivity index (χ1) is 42.9. The highest BCUT2D eigenvalue weighted by atomic mass is 32.2. The summed E-state index contributed by atoms with van der Waals surface area (Å²) in [7, 11) is -3.87. The predicted molar refractivity (Wildman–Crippen MR) is 362 cm³/mol. The Labute approximate surface area is 531 Å². The number of benzene rings is 5. The van der Waals surface area contributed by atoms with Gasteiger partial charge in [0.1, 0.15) is 36.6 Å². The molecule has 1 aliphatic rings. The fourth-order valence-electron chi connectivity index (χ4n) is 11.8. The third kappa shape index (κ3) is 32.1. The second-order valence-corrected chi connectivity index (χ2v) is 27.3. The molecule has 3 unspecified atom stereocenters. The van der Waals surface area contributed by atoms with Gasteiger partial charge in [0.2, 0.25) is 0 Å². The molecule has 480 valence electrons. The average molecular weight is 1230 g/mol. The van der Waals surface area contributed by atoms with E-state index in [1.807, 2.05) is 30.3 Å². The molecule has 0 heterocycles.